The molecule has 2 aromatic rings. The van der Waals surface area contributed by atoms with E-state index in [0.29, 0.717) is 6.54 Å². The van der Waals surface area contributed by atoms with E-state index >= 15 is 0 Å². The Balaban J connectivity index is 1.49. The average Bonchev–Trinajstić information content (AvgIpc) is 2.97. The van der Waals surface area contributed by atoms with E-state index in [9.17, 15) is 4.79 Å². The smallest absolute Gasteiger partial charge is 0.238 e. The Morgan fingerprint density at radius 3 is 2.82 bits per heavy atom. The zero-order valence-electron chi connectivity index (χ0n) is 11.8. The van der Waals surface area contributed by atoms with Crippen molar-refractivity contribution in [3.8, 4) is 11.5 Å². The molecule has 1 amide bonds. The van der Waals surface area contributed by atoms with Gasteiger partial charge in [0.05, 0.1) is 12.2 Å². The summed E-state index contributed by atoms with van der Waals surface area (Å²) in [6.45, 7) is 1.08. The number of hydrogen-bond donors (Lipinski definition) is 2. The minimum absolute atomic E-state index is 0.0901. The van der Waals surface area contributed by atoms with Crippen molar-refractivity contribution in [2.45, 2.75) is 6.54 Å². The molecule has 0 aliphatic carbocycles. The van der Waals surface area contributed by atoms with Crippen LogP contribution in [0.4, 0.5) is 5.69 Å². The van der Waals surface area contributed by atoms with Crippen molar-refractivity contribution in [2.75, 3.05) is 18.7 Å². The van der Waals surface area contributed by atoms with Gasteiger partial charge in [-0.2, -0.15) is 0 Å². The SMILES string of the molecule is O=C(CNCc1ccc2c(c1)OCO2)Nc1ccccc1Br. The van der Waals surface area contributed by atoms with E-state index in [-0.39, 0.29) is 19.2 Å². The van der Waals surface area contributed by atoms with Crippen LogP contribution in [0.2, 0.25) is 0 Å². The Hall–Kier alpha value is -2.05. The van der Waals surface area contributed by atoms with Crippen LogP contribution in [0, 0.1) is 0 Å². The van der Waals surface area contributed by atoms with E-state index < -0.39 is 0 Å². The zero-order chi connectivity index (χ0) is 15.4. The van der Waals surface area contributed by atoms with Gasteiger partial charge in [-0.3, -0.25) is 4.79 Å². The third-order valence-corrected chi connectivity index (χ3v) is 3.89. The third-order valence-electron chi connectivity index (χ3n) is 3.20. The van der Waals surface area contributed by atoms with Crippen molar-refractivity contribution in [1.82, 2.24) is 5.32 Å². The largest absolute Gasteiger partial charge is 0.454 e. The fourth-order valence-electron chi connectivity index (χ4n) is 2.13. The van der Waals surface area contributed by atoms with Crippen molar-refractivity contribution in [1.29, 1.82) is 0 Å². The summed E-state index contributed by atoms with van der Waals surface area (Å²) in [7, 11) is 0. The molecule has 1 aliphatic heterocycles. The van der Waals surface area contributed by atoms with E-state index in [1.807, 2.05) is 42.5 Å². The number of nitrogens with one attached hydrogen (secondary N) is 2. The molecule has 0 bridgehead atoms. The van der Waals surface area contributed by atoms with Crippen LogP contribution in [-0.4, -0.2) is 19.2 Å². The van der Waals surface area contributed by atoms with Crippen molar-refractivity contribution in [3.63, 3.8) is 0 Å². The lowest BCUT2D eigenvalue weighted by atomic mass is 10.2. The fraction of sp³-hybridized carbons (Fsp3) is 0.188. The summed E-state index contributed by atoms with van der Waals surface area (Å²) in [5.41, 5.74) is 1.80. The molecule has 0 fully saturated rings. The van der Waals surface area contributed by atoms with Gasteiger partial charge in [-0.1, -0.05) is 18.2 Å². The van der Waals surface area contributed by atoms with E-state index in [4.69, 9.17) is 9.47 Å². The van der Waals surface area contributed by atoms with Gasteiger partial charge in [-0.15, -0.1) is 0 Å². The van der Waals surface area contributed by atoms with E-state index in [0.717, 1.165) is 27.2 Å². The Labute approximate surface area is 136 Å². The predicted octanol–water partition coefficient (Wildman–Crippen LogP) is 2.91. The van der Waals surface area contributed by atoms with Crippen LogP contribution in [0.15, 0.2) is 46.9 Å². The van der Waals surface area contributed by atoms with E-state index in [1.165, 1.54) is 0 Å². The first-order valence-corrected chi connectivity index (χ1v) is 7.65. The highest BCUT2D eigenvalue weighted by atomic mass is 79.9. The van der Waals surface area contributed by atoms with Crippen LogP contribution in [0.5, 0.6) is 11.5 Å². The van der Waals surface area contributed by atoms with Gasteiger partial charge in [0.15, 0.2) is 11.5 Å². The van der Waals surface area contributed by atoms with Crippen molar-refractivity contribution < 1.29 is 14.3 Å². The Kier molecular flexibility index (Phi) is 4.60. The molecule has 114 valence electrons. The molecule has 0 unspecified atom stereocenters. The highest BCUT2D eigenvalue weighted by molar-refractivity contribution is 9.10. The van der Waals surface area contributed by atoms with Gasteiger partial charge in [0.2, 0.25) is 12.7 Å². The highest BCUT2D eigenvalue weighted by Crippen LogP contribution is 2.32. The molecule has 0 saturated heterocycles. The second kappa shape index (κ2) is 6.81. The van der Waals surface area contributed by atoms with Crippen molar-refractivity contribution in [3.05, 3.63) is 52.5 Å². The molecule has 6 heteroatoms. The van der Waals surface area contributed by atoms with Gasteiger partial charge in [-0.05, 0) is 45.8 Å². The fourth-order valence-corrected chi connectivity index (χ4v) is 2.51. The summed E-state index contributed by atoms with van der Waals surface area (Å²) in [6.07, 6.45) is 0. The maximum absolute atomic E-state index is 11.9. The number of carbonyl (C=O) groups excluding carboxylic acids is 1. The standard InChI is InChI=1S/C16H15BrN2O3/c17-12-3-1-2-4-13(12)19-16(20)9-18-8-11-5-6-14-15(7-11)22-10-21-14/h1-7,18H,8-10H2,(H,19,20). The van der Waals surface area contributed by atoms with Crippen LogP contribution in [0.25, 0.3) is 0 Å². The number of halogens is 1. The summed E-state index contributed by atoms with van der Waals surface area (Å²) in [5.74, 6) is 1.42. The second-order valence-corrected chi connectivity index (χ2v) is 5.67. The first kappa shape index (κ1) is 14.9. The van der Waals surface area contributed by atoms with Gasteiger partial charge in [0, 0.05) is 11.0 Å². The summed E-state index contributed by atoms with van der Waals surface area (Å²) in [4.78, 5) is 11.9. The molecule has 5 nitrogen and oxygen atoms in total. The molecule has 0 radical (unpaired) electrons. The number of benzene rings is 2. The number of rotatable bonds is 5. The predicted molar refractivity (Wildman–Crippen MR) is 87.0 cm³/mol. The number of para-hydroxylation sites is 1. The van der Waals surface area contributed by atoms with Gasteiger partial charge < -0.3 is 20.1 Å². The van der Waals surface area contributed by atoms with E-state index in [1.54, 1.807) is 0 Å². The Morgan fingerprint density at radius 1 is 1.14 bits per heavy atom. The van der Waals surface area contributed by atoms with Gasteiger partial charge >= 0.3 is 0 Å². The zero-order valence-corrected chi connectivity index (χ0v) is 13.4. The monoisotopic (exact) mass is 362 g/mol. The van der Waals surface area contributed by atoms with E-state index in [2.05, 4.69) is 26.6 Å². The summed E-state index contributed by atoms with van der Waals surface area (Å²) in [5, 5.41) is 5.95. The molecule has 0 saturated carbocycles. The van der Waals surface area contributed by atoms with Crippen LogP contribution >= 0.6 is 15.9 Å². The van der Waals surface area contributed by atoms with Gasteiger partial charge in [-0.25, -0.2) is 0 Å². The Bertz CT molecular complexity index is 691. The molecule has 0 spiro atoms. The molecule has 2 aromatic carbocycles. The molecular weight excluding hydrogens is 348 g/mol. The number of hydrogen-bond acceptors (Lipinski definition) is 4. The first-order chi connectivity index (χ1) is 10.7. The molecular formula is C16H15BrN2O3. The normalized spacial score (nSPS) is 12.2. The van der Waals surface area contributed by atoms with Crippen molar-refractivity contribution in [2.24, 2.45) is 0 Å². The summed E-state index contributed by atoms with van der Waals surface area (Å²) in [6, 6.07) is 13.3. The lowest BCUT2D eigenvalue weighted by molar-refractivity contribution is -0.115. The quantitative estimate of drug-likeness (QED) is 0.858. The number of carbonyl (C=O) groups is 1. The third kappa shape index (κ3) is 3.58. The van der Waals surface area contributed by atoms with Crippen LogP contribution in [-0.2, 0) is 11.3 Å². The lowest BCUT2D eigenvalue weighted by Gasteiger charge is -2.08. The number of amides is 1. The topological polar surface area (TPSA) is 59.6 Å². The van der Waals surface area contributed by atoms with Gasteiger partial charge in [0.25, 0.3) is 0 Å². The lowest BCUT2D eigenvalue weighted by Crippen LogP contribution is -2.27. The highest BCUT2D eigenvalue weighted by Gasteiger charge is 2.13. The minimum atomic E-state index is -0.0901. The molecule has 1 heterocycles. The van der Waals surface area contributed by atoms with Crippen LogP contribution in [0.3, 0.4) is 0 Å². The van der Waals surface area contributed by atoms with Crippen LogP contribution in [0.1, 0.15) is 5.56 Å². The number of ether oxygens (including phenoxy) is 2. The number of fused-ring (bicyclic) bond motifs is 1. The maximum Gasteiger partial charge on any atom is 0.238 e. The first-order valence-electron chi connectivity index (χ1n) is 6.86. The summed E-state index contributed by atoms with van der Waals surface area (Å²) >= 11 is 3.40. The van der Waals surface area contributed by atoms with Crippen molar-refractivity contribution >= 4 is 27.5 Å². The Morgan fingerprint density at radius 2 is 1.95 bits per heavy atom. The second-order valence-electron chi connectivity index (χ2n) is 4.82. The maximum atomic E-state index is 11.9. The average molecular weight is 363 g/mol. The molecule has 0 aromatic heterocycles. The molecule has 3 rings (SSSR count). The minimum Gasteiger partial charge on any atom is -0.454 e. The summed E-state index contributed by atoms with van der Waals surface area (Å²) < 4.78 is 11.4. The molecule has 22 heavy (non-hydrogen) atoms. The molecule has 2 N–H and O–H groups in total. The van der Waals surface area contributed by atoms with Gasteiger partial charge in [0.1, 0.15) is 0 Å². The number of anilines is 1. The molecule has 1 aliphatic rings. The molecule has 0 atom stereocenters. The van der Waals surface area contributed by atoms with Crippen LogP contribution < -0.4 is 20.1 Å².